The van der Waals surface area contributed by atoms with Crippen LogP contribution < -0.4 is 0 Å². The fourth-order valence-electron chi connectivity index (χ4n) is 2.93. The van der Waals surface area contributed by atoms with Crippen LogP contribution >= 0.6 is 0 Å². The minimum absolute atomic E-state index is 0.213. The second kappa shape index (κ2) is 6.53. The third-order valence-corrected chi connectivity index (χ3v) is 4.11. The Morgan fingerprint density at radius 3 is 2.47 bits per heavy atom. The Bertz CT molecular complexity index is 374. The van der Waals surface area contributed by atoms with E-state index >= 15 is 0 Å². The van der Waals surface area contributed by atoms with Gasteiger partial charge in [-0.2, -0.15) is 0 Å². The maximum atomic E-state index is 6.18. The van der Waals surface area contributed by atoms with E-state index in [1.165, 1.54) is 5.56 Å². The van der Waals surface area contributed by atoms with Crippen molar-refractivity contribution in [3.63, 3.8) is 0 Å². The quantitative estimate of drug-likeness (QED) is 0.797. The molecule has 1 aliphatic heterocycles. The van der Waals surface area contributed by atoms with Crippen molar-refractivity contribution in [2.75, 3.05) is 0 Å². The largest absolute Gasteiger partial charge is 0.372 e. The van der Waals surface area contributed by atoms with Gasteiger partial charge in [-0.3, -0.25) is 0 Å². The van der Waals surface area contributed by atoms with E-state index in [4.69, 9.17) is 9.47 Å². The van der Waals surface area contributed by atoms with Gasteiger partial charge in [0.15, 0.2) is 0 Å². The van der Waals surface area contributed by atoms with E-state index < -0.39 is 0 Å². The summed E-state index contributed by atoms with van der Waals surface area (Å²) in [7, 11) is 0. The normalized spacial score (nSPS) is 31.0. The molecule has 1 unspecified atom stereocenters. The Hall–Kier alpha value is -0.860. The van der Waals surface area contributed by atoms with Gasteiger partial charge < -0.3 is 9.47 Å². The number of hydrogen-bond acceptors (Lipinski definition) is 2. The molecule has 1 heterocycles. The minimum atomic E-state index is 0.213. The van der Waals surface area contributed by atoms with Gasteiger partial charge in [-0.1, -0.05) is 58.0 Å². The topological polar surface area (TPSA) is 18.5 Å². The molecule has 0 aliphatic carbocycles. The van der Waals surface area contributed by atoms with Crippen LogP contribution in [0.15, 0.2) is 30.3 Å². The predicted molar refractivity (Wildman–Crippen MR) is 78.0 cm³/mol. The van der Waals surface area contributed by atoms with Crippen LogP contribution in [0.4, 0.5) is 0 Å². The zero-order valence-corrected chi connectivity index (χ0v) is 12.5. The SMILES string of the molecule is CC[C@H]1O[C@@H](C(C)C)C(OCc2ccccc2)[C@H]1C. The van der Waals surface area contributed by atoms with Crippen LogP contribution in [0.5, 0.6) is 0 Å². The van der Waals surface area contributed by atoms with Crippen LogP contribution in [-0.2, 0) is 16.1 Å². The monoisotopic (exact) mass is 262 g/mol. The zero-order chi connectivity index (χ0) is 13.8. The highest BCUT2D eigenvalue weighted by Crippen LogP contribution is 2.35. The Labute approximate surface area is 117 Å². The molecule has 0 saturated carbocycles. The molecule has 2 rings (SSSR count). The summed E-state index contributed by atoms with van der Waals surface area (Å²) >= 11 is 0. The van der Waals surface area contributed by atoms with Gasteiger partial charge >= 0.3 is 0 Å². The van der Waals surface area contributed by atoms with E-state index in [2.05, 4.69) is 52.0 Å². The Balaban J connectivity index is 2.00. The molecule has 2 heteroatoms. The number of rotatable bonds is 5. The second-order valence-electron chi connectivity index (χ2n) is 5.91. The van der Waals surface area contributed by atoms with E-state index in [1.54, 1.807) is 0 Å². The predicted octanol–water partition coefficient (Wildman–Crippen LogP) is 4.04. The third-order valence-electron chi connectivity index (χ3n) is 4.11. The van der Waals surface area contributed by atoms with Gasteiger partial charge in [0.05, 0.1) is 24.9 Å². The van der Waals surface area contributed by atoms with Gasteiger partial charge in [-0.15, -0.1) is 0 Å². The van der Waals surface area contributed by atoms with Crippen molar-refractivity contribution in [2.24, 2.45) is 11.8 Å². The molecule has 0 bridgehead atoms. The molecule has 2 nitrogen and oxygen atoms in total. The summed E-state index contributed by atoms with van der Waals surface area (Å²) in [4.78, 5) is 0. The molecule has 0 radical (unpaired) electrons. The molecule has 1 saturated heterocycles. The lowest BCUT2D eigenvalue weighted by atomic mass is 9.92. The number of benzene rings is 1. The highest BCUT2D eigenvalue weighted by atomic mass is 16.6. The summed E-state index contributed by atoms with van der Waals surface area (Å²) in [5.74, 6) is 0.973. The van der Waals surface area contributed by atoms with Crippen molar-refractivity contribution >= 4 is 0 Å². The molecule has 1 aromatic rings. The van der Waals surface area contributed by atoms with Crippen LogP contribution in [-0.4, -0.2) is 18.3 Å². The molecule has 1 aliphatic rings. The number of ether oxygens (including phenoxy) is 2. The van der Waals surface area contributed by atoms with Gasteiger partial charge in [-0.05, 0) is 17.9 Å². The molecular formula is C17H26O2. The van der Waals surface area contributed by atoms with Crippen LogP contribution in [0.3, 0.4) is 0 Å². The summed E-state index contributed by atoms with van der Waals surface area (Å²) in [5, 5.41) is 0. The molecule has 4 atom stereocenters. The summed E-state index contributed by atoms with van der Waals surface area (Å²) in [5.41, 5.74) is 1.23. The van der Waals surface area contributed by atoms with Crippen LogP contribution in [0.25, 0.3) is 0 Å². The zero-order valence-electron chi connectivity index (χ0n) is 12.5. The Kier molecular flexibility index (Phi) is 5.00. The van der Waals surface area contributed by atoms with E-state index in [9.17, 15) is 0 Å². The van der Waals surface area contributed by atoms with Crippen molar-refractivity contribution in [3.8, 4) is 0 Å². The first kappa shape index (κ1) is 14.5. The lowest BCUT2D eigenvalue weighted by Crippen LogP contribution is -2.32. The minimum Gasteiger partial charge on any atom is -0.372 e. The Morgan fingerprint density at radius 2 is 1.89 bits per heavy atom. The summed E-state index contributed by atoms with van der Waals surface area (Å²) in [6.07, 6.45) is 1.84. The lowest BCUT2D eigenvalue weighted by Gasteiger charge is -2.24. The molecular weight excluding hydrogens is 236 g/mol. The molecule has 106 valence electrons. The first-order chi connectivity index (χ1) is 9.13. The van der Waals surface area contributed by atoms with Crippen molar-refractivity contribution in [3.05, 3.63) is 35.9 Å². The van der Waals surface area contributed by atoms with Crippen molar-refractivity contribution in [2.45, 2.75) is 59.0 Å². The lowest BCUT2D eigenvalue weighted by molar-refractivity contribution is -0.0520. The standard InChI is InChI=1S/C17H26O2/c1-5-15-13(4)17(16(19-15)12(2)3)18-11-14-9-7-6-8-10-14/h6-10,12-13,15-17H,5,11H2,1-4H3/t13-,15+,16-,17?/m0/s1. The summed E-state index contributed by atoms with van der Waals surface area (Å²) in [6.45, 7) is 9.56. The van der Waals surface area contributed by atoms with Crippen LogP contribution in [0, 0.1) is 11.8 Å². The molecule has 0 N–H and O–H groups in total. The average molecular weight is 262 g/mol. The van der Waals surface area contributed by atoms with Crippen LogP contribution in [0.1, 0.15) is 39.7 Å². The third kappa shape index (κ3) is 3.37. The highest BCUT2D eigenvalue weighted by Gasteiger charge is 2.42. The van der Waals surface area contributed by atoms with Gasteiger partial charge in [0, 0.05) is 5.92 Å². The Morgan fingerprint density at radius 1 is 1.21 bits per heavy atom. The van der Waals surface area contributed by atoms with E-state index in [1.807, 2.05) is 6.07 Å². The van der Waals surface area contributed by atoms with Gasteiger partial charge in [-0.25, -0.2) is 0 Å². The van der Waals surface area contributed by atoms with Crippen molar-refractivity contribution in [1.82, 2.24) is 0 Å². The molecule has 1 fully saturated rings. The molecule has 0 aromatic heterocycles. The van der Waals surface area contributed by atoms with Crippen molar-refractivity contribution in [1.29, 1.82) is 0 Å². The van der Waals surface area contributed by atoms with Gasteiger partial charge in [0.25, 0.3) is 0 Å². The molecule has 19 heavy (non-hydrogen) atoms. The molecule has 0 amide bonds. The molecule has 1 aromatic carbocycles. The highest BCUT2D eigenvalue weighted by molar-refractivity contribution is 5.13. The van der Waals surface area contributed by atoms with Gasteiger partial charge in [0.1, 0.15) is 0 Å². The smallest absolute Gasteiger partial charge is 0.0894 e. The number of hydrogen-bond donors (Lipinski definition) is 0. The molecule has 0 spiro atoms. The van der Waals surface area contributed by atoms with E-state index in [-0.39, 0.29) is 12.2 Å². The fourth-order valence-corrected chi connectivity index (χ4v) is 2.93. The first-order valence-electron chi connectivity index (χ1n) is 7.44. The maximum Gasteiger partial charge on any atom is 0.0894 e. The maximum absolute atomic E-state index is 6.18. The fraction of sp³-hybridized carbons (Fsp3) is 0.647. The average Bonchev–Trinajstić information content (AvgIpc) is 2.74. The van der Waals surface area contributed by atoms with Gasteiger partial charge in [0.2, 0.25) is 0 Å². The van der Waals surface area contributed by atoms with E-state index in [0.717, 1.165) is 6.42 Å². The first-order valence-corrected chi connectivity index (χ1v) is 7.44. The second-order valence-corrected chi connectivity index (χ2v) is 5.91. The van der Waals surface area contributed by atoms with E-state index in [0.29, 0.717) is 24.5 Å². The summed E-state index contributed by atoms with van der Waals surface area (Å²) < 4.78 is 12.3. The van der Waals surface area contributed by atoms with Crippen molar-refractivity contribution < 1.29 is 9.47 Å². The summed E-state index contributed by atoms with van der Waals surface area (Å²) in [6, 6.07) is 10.4. The van der Waals surface area contributed by atoms with Crippen LogP contribution in [0.2, 0.25) is 0 Å².